The molecule has 22 heavy (non-hydrogen) atoms. The Morgan fingerprint density at radius 2 is 2.23 bits per heavy atom. The van der Waals surface area contributed by atoms with Gasteiger partial charge >= 0.3 is 5.97 Å². The maximum Gasteiger partial charge on any atom is 0.330 e. The molecule has 0 saturated carbocycles. The molecule has 0 fully saturated rings. The van der Waals surface area contributed by atoms with Gasteiger partial charge < -0.3 is 14.2 Å². The average Bonchev–Trinajstić information content (AvgIpc) is 2.69. The second-order valence-corrected chi connectivity index (χ2v) is 6.46. The van der Waals surface area contributed by atoms with Crippen molar-refractivity contribution in [1.29, 1.82) is 0 Å². The van der Waals surface area contributed by atoms with Gasteiger partial charge in [0.25, 0.3) is 0 Å². The molecule has 1 unspecified atom stereocenters. The van der Waals surface area contributed by atoms with E-state index in [2.05, 4.69) is 0 Å². The summed E-state index contributed by atoms with van der Waals surface area (Å²) >= 11 is 6.90. The monoisotopic (exact) mass is 344 g/mol. The van der Waals surface area contributed by atoms with Crippen LogP contribution in [0.3, 0.4) is 0 Å². The summed E-state index contributed by atoms with van der Waals surface area (Å²) in [6.45, 7) is -0.190. The number of benzene rings is 1. The number of ether oxygens (including phenoxy) is 3. The van der Waals surface area contributed by atoms with Crippen LogP contribution in [0.4, 0.5) is 0 Å². The maximum absolute atomic E-state index is 12.5. The number of methoxy groups -OCH3 is 2. The van der Waals surface area contributed by atoms with Gasteiger partial charge in [-0.25, -0.2) is 0 Å². The summed E-state index contributed by atoms with van der Waals surface area (Å²) in [7, 11) is 2.83. The largest absolute Gasteiger partial charge is 0.497 e. The van der Waals surface area contributed by atoms with Gasteiger partial charge in [0.1, 0.15) is 18.1 Å². The fourth-order valence-corrected chi connectivity index (χ4v) is 3.70. The Balaban J connectivity index is 2.43. The van der Waals surface area contributed by atoms with Crippen LogP contribution < -0.4 is 9.47 Å². The number of halogens is 1. The number of carbonyl (C=O) groups is 2. The number of esters is 1. The first-order valence-corrected chi connectivity index (χ1v) is 8.10. The van der Waals surface area contributed by atoms with E-state index in [1.54, 1.807) is 25.3 Å². The summed E-state index contributed by atoms with van der Waals surface area (Å²) in [5.41, 5.74) is 0. The zero-order valence-corrected chi connectivity index (χ0v) is 14.0. The average molecular weight is 345 g/mol. The molecule has 0 saturated heterocycles. The first kappa shape index (κ1) is 17.0. The molecule has 0 N–H and O–H groups in total. The Labute approximate surface area is 138 Å². The molecule has 1 atom stereocenters. The molecular formula is C15H17ClO5S. The fourth-order valence-electron chi connectivity index (χ4n) is 2.25. The van der Waals surface area contributed by atoms with Crippen molar-refractivity contribution in [1.82, 2.24) is 0 Å². The van der Waals surface area contributed by atoms with Crippen LogP contribution in [-0.2, 0) is 14.3 Å². The molecular weight excluding hydrogens is 328 g/mol. The summed E-state index contributed by atoms with van der Waals surface area (Å²) in [6.07, 6.45) is 0.836. The van der Waals surface area contributed by atoms with Crippen molar-refractivity contribution in [2.45, 2.75) is 22.5 Å². The van der Waals surface area contributed by atoms with Gasteiger partial charge in [0.15, 0.2) is 10.5 Å². The summed E-state index contributed by atoms with van der Waals surface area (Å²) in [5.74, 6) is 0.625. The number of hydrogen-bond donors (Lipinski definition) is 0. The standard InChI is InChI=1S/C15H17ClO5S/c1-19-10-4-5-12-11(8-10)21-9-13(17)15(22-12,6-3-7-16)14(18)20-2/h4-5,8H,3,6-7,9H2,1-2H3. The van der Waals surface area contributed by atoms with Gasteiger partial charge in [-0.05, 0) is 25.0 Å². The predicted molar refractivity (Wildman–Crippen MR) is 84.1 cm³/mol. The lowest BCUT2D eigenvalue weighted by atomic mass is 9.97. The Morgan fingerprint density at radius 1 is 1.45 bits per heavy atom. The van der Waals surface area contributed by atoms with Crippen molar-refractivity contribution in [3.05, 3.63) is 18.2 Å². The van der Waals surface area contributed by atoms with Crippen LogP contribution in [0.1, 0.15) is 12.8 Å². The molecule has 1 aromatic rings. The van der Waals surface area contributed by atoms with Gasteiger partial charge in [-0.3, -0.25) is 9.59 Å². The van der Waals surface area contributed by atoms with E-state index in [4.69, 9.17) is 25.8 Å². The number of fused-ring (bicyclic) bond motifs is 1. The van der Waals surface area contributed by atoms with E-state index in [1.165, 1.54) is 7.11 Å². The molecule has 2 rings (SSSR count). The third-order valence-electron chi connectivity index (χ3n) is 3.42. The van der Waals surface area contributed by atoms with E-state index >= 15 is 0 Å². The SMILES string of the molecule is COC(=O)C1(CCCCl)Sc2ccc(OC)cc2OCC1=O. The zero-order chi connectivity index (χ0) is 16.2. The van der Waals surface area contributed by atoms with E-state index in [9.17, 15) is 9.59 Å². The highest BCUT2D eigenvalue weighted by molar-refractivity contribution is 8.02. The summed E-state index contributed by atoms with van der Waals surface area (Å²) in [5, 5.41) is 0. The molecule has 1 aromatic carbocycles. The number of alkyl halides is 1. The highest BCUT2D eigenvalue weighted by Gasteiger charge is 2.49. The second kappa shape index (κ2) is 7.24. The summed E-state index contributed by atoms with van der Waals surface area (Å²) in [4.78, 5) is 25.5. The number of hydrogen-bond acceptors (Lipinski definition) is 6. The summed E-state index contributed by atoms with van der Waals surface area (Å²) < 4.78 is 14.2. The quantitative estimate of drug-likeness (QED) is 0.465. The maximum atomic E-state index is 12.5. The van der Waals surface area contributed by atoms with E-state index in [1.807, 2.05) is 0 Å². The van der Waals surface area contributed by atoms with E-state index < -0.39 is 10.7 Å². The minimum absolute atomic E-state index is 0.190. The lowest BCUT2D eigenvalue weighted by molar-refractivity contribution is -0.147. The van der Waals surface area contributed by atoms with Crippen molar-refractivity contribution >= 4 is 35.1 Å². The van der Waals surface area contributed by atoms with Gasteiger partial charge in [-0.1, -0.05) is 11.8 Å². The minimum atomic E-state index is -1.32. The molecule has 1 heterocycles. The number of ketones is 1. The molecule has 0 bridgehead atoms. The smallest absolute Gasteiger partial charge is 0.330 e. The third kappa shape index (κ3) is 3.17. The zero-order valence-electron chi connectivity index (χ0n) is 12.4. The fraction of sp³-hybridized carbons (Fsp3) is 0.467. The minimum Gasteiger partial charge on any atom is -0.497 e. The van der Waals surface area contributed by atoms with Gasteiger partial charge in [0.2, 0.25) is 0 Å². The van der Waals surface area contributed by atoms with Crippen LogP contribution in [0.15, 0.2) is 23.1 Å². The Bertz CT molecular complexity index is 577. The molecule has 0 spiro atoms. The number of carbonyl (C=O) groups excluding carboxylic acids is 2. The number of thioether (sulfide) groups is 1. The lowest BCUT2D eigenvalue weighted by Gasteiger charge is -2.26. The molecule has 1 aliphatic heterocycles. The van der Waals surface area contributed by atoms with Crippen LogP contribution in [-0.4, -0.2) is 43.2 Å². The molecule has 0 radical (unpaired) electrons. The molecule has 0 aromatic heterocycles. The van der Waals surface area contributed by atoms with Crippen LogP contribution in [0.2, 0.25) is 0 Å². The van der Waals surface area contributed by atoms with E-state index in [0.717, 1.165) is 11.8 Å². The predicted octanol–water partition coefficient (Wildman–Crippen LogP) is 2.68. The third-order valence-corrected chi connectivity index (χ3v) is 5.19. The second-order valence-electron chi connectivity index (χ2n) is 4.74. The Morgan fingerprint density at radius 3 is 2.86 bits per heavy atom. The van der Waals surface area contributed by atoms with Gasteiger partial charge in [-0.2, -0.15) is 0 Å². The highest BCUT2D eigenvalue weighted by atomic mass is 35.5. The lowest BCUT2D eigenvalue weighted by Crippen LogP contribution is -2.46. The van der Waals surface area contributed by atoms with Crippen LogP contribution in [0.5, 0.6) is 11.5 Å². The van der Waals surface area contributed by atoms with Crippen LogP contribution in [0.25, 0.3) is 0 Å². The molecule has 5 nitrogen and oxygen atoms in total. The van der Waals surface area contributed by atoms with Crippen LogP contribution in [0, 0.1) is 0 Å². The van der Waals surface area contributed by atoms with E-state index in [-0.39, 0.29) is 12.4 Å². The first-order valence-electron chi connectivity index (χ1n) is 6.75. The van der Waals surface area contributed by atoms with Crippen molar-refractivity contribution in [3.63, 3.8) is 0 Å². The van der Waals surface area contributed by atoms with Crippen molar-refractivity contribution < 1.29 is 23.8 Å². The first-order chi connectivity index (χ1) is 10.6. The van der Waals surface area contributed by atoms with Gasteiger partial charge in [-0.15, -0.1) is 11.6 Å². The molecule has 1 aliphatic rings. The normalized spacial score (nSPS) is 20.6. The number of rotatable bonds is 5. The van der Waals surface area contributed by atoms with Crippen molar-refractivity contribution in [2.24, 2.45) is 0 Å². The topological polar surface area (TPSA) is 61.8 Å². The molecule has 120 valence electrons. The van der Waals surface area contributed by atoms with Crippen molar-refractivity contribution in [3.8, 4) is 11.5 Å². The molecule has 7 heteroatoms. The van der Waals surface area contributed by atoms with Gasteiger partial charge in [0.05, 0.1) is 19.1 Å². The Hall–Kier alpha value is -1.40. The number of Topliss-reactive ketones (excluding diaryl/α,β-unsaturated/α-hetero) is 1. The summed E-state index contributed by atoms with van der Waals surface area (Å²) in [6, 6.07) is 5.23. The van der Waals surface area contributed by atoms with E-state index in [0.29, 0.717) is 35.1 Å². The van der Waals surface area contributed by atoms with Crippen LogP contribution >= 0.6 is 23.4 Å². The van der Waals surface area contributed by atoms with Crippen molar-refractivity contribution in [2.75, 3.05) is 26.7 Å². The molecule has 0 aliphatic carbocycles. The van der Waals surface area contributed by atoms with Gasteiger partial charge in [0, 0.05) is 11.9 Å². The highest BCUT2D eigenvalue weighted by Crippen LogP contribution is 2.46. The molecule has 0 amide bonds. The Kier molecular flexibility index (Phi) is 5.58.